The lowest BCUT2D eigenvalue weighted by molar-refractivity contribution is -0.0152. The molecule has 0 bridgehead atoms. The van der Waals surface area contributed by atoms with Crippen molar-refractivity contribution in [2.45, 2.75) is 50.7 Å². The van der Waals surface area contributed by atoms with E-state index in [-0.39, 0.29) is 30.6 Å². The molecule has 2 rings (SSSR count). The van der Waals surface area contributed by atoms with Crippen LogP contribution in [0, 0.1) is 0 Å². The van der Waals surface area contributed by atoms with Gasteiger partial charge in [0.15, 0.2) is 0 Å². The summed E-state index contributed by atoms with van der Waals surface area (Å²) in [5, 5.41) is 9.46. The first-order valence-corrected chi connectivity index (χ1v) is 9.62. The van der Waals surface area contributed by atoms with Crippen molar-refractivity contribution in [2.24, 2.45) is 0 Å². The molecular formula is C16H25O4P. The van der Waals surface area contributed by atoms with Gasteiger partial charge in [0.2, 0.25) is 7.37 Å². The van der Waals surface area contributed by atoms with Crippen LogP contribution in [0.15, 0.2) is 30.3 Å². The molecule has 0 spiro atoms. The average molecular weight is 312 g/mol. The summed E-state index contributed by atoms with van der Waals surface area (Å²) in [7, 11) is -2.66. The first kappa shape index (κ1) is 16.7. The molecule has 1 fully saturated rings. The molecule has 1 aromatic rings. The van der Waals surface area contributed by atoms with E-state index in [4.69, 9.17) is 9.26 Å². The van der Waals surface area contributed by atoms with Gasteiger partial charge in [0.25, 0.3) is 0 Å². The van der Waals surface area contributed by atoms with Crippen molar-refractivity contribution in [1.29, 1.82) is 0 Å². The Bertz CT molecular complexity index is 488. The zero-order valence-electron chi connectivity index (χ0n) is 12.9. The van der Waals surface area contributed by atoms with Gasteiger partial charge < -0.3 is 14.4 Å². The van der Waals surface area contributed by atoms with Crippen LogP contribution in [-0.4, -0.2) is 42.3 Å². The van der Waals surface area contributed by atoms with Crippen LogP contribution in [0.3, 0.4) is 0 Å². The first-order valence-electron chi connectivity index (χ1n) is 7.48. The molecule has 118 valence electrons. The third kappa shape index (κ3) is 4.40. The predicted molar refractivity (Wildman–Crippen MR) is 84.0 cm³/mol. The predicted octanol–water partition coefficient (Wildman–Crippen LogP) is 3.08. The Morgan fingerprint density at radius 2 is 2.05 bits per heavy atom. The highest BCUT2D eigenvalue weighted by Gasteiger charge is 2.39. The number of ether oxygens (including phenoxy) is 1. The normalized spacial score (nSPS) is 28.7. The van der Waals surface area contributed by atoms with Crippen molar-refractivity contribution in [3.63, 3.8) is 0 Å². The molecule has 0 amide bonds. The van der Waals surface area contributed by atoms with Gasteiger partial charge in [-0.1, -0.05) is 44.2 Å². The number of benzene rings is 1. The summed E-state index contributed by atoms with van der Waals surface area (Å²) in [4.78, 5) is 0. The summed E-state index contributed by atoms with van der Waals surface area (Å²) in [6, 6.07) is 10.1. The molecule has 1 saturated heterocycles. The fourth-order valence-corrected chi connectivity index (χ4v) is 3.47. The van der Waals surface area contributed by atoms with Gasteiger partial charge in [-0.15, -0.1) is 0 Å². The van der Waals surface area contributed by atoms with Gasteiger partial charge >= 0.3 is 0 Å². The van der Waals surface area contributed by atoms with E-state index in [1.54, 1.807) is 6.66 Å². The van der Waals surface area contributed by atoms with Crippen molar-refractivity contribution in [3.8, 4) is 0 Å². The second kappa shape index (κ2) is 7.06. The van der Waals surface area contributed by atoms with Gasteiger partial charge in [0.05, 0.1) is 18.8 Å². The maximum Gasteiger partial charge on any atom is 0.202 e. The van der Waals surface area contributed by atoms with Crippen LogP contribution in [0.5, 0.6) is 0 Å². The van der Waals surface area contributed by atoms with Crippen LogP contribution in [-0.2, 0) is 20.2 Å². The molecule has 4 atom stereocenters. The number of rotatable bonds is 6. The van der Waals surface area contributed by atoms with E-state index in [0.717, 1.165) is 6.42 Å². The average Bonchev–Trinajstić information content (AvgIpc) is 2.80. The van der Waals surface area contributed by atoms with Crippen LogP contribution >= 0.6 is 7.37 Å². The van der Waals surface area contributed by atoms with Gasteiger partial charge in [-0.3, -0.25) is 4.57 Å². The second-order valence-electron chi connectivity index (χ2n) is 6.05. The van der Waals surface area contributed by atoms with Gasteiger partial charge in [0.1, 0.15) is 6.10 Å². The minimum Gasteiger partial charge on any atom is -0.394 e. The highest BCUT2D eigenvalue weighted by Crippen LogP contribution is 2.50. The van der Waals surface area contributed by atoms with Gasteiger partial charge in [-0.05, 0) is 12.0 Å². The van der Waals surface area contributed by atoms with E-state index < -0.39 is 7.37 Å². The monoisotopic (exact) mass is 312 g/mol. The third-order valence-electron chi connectivity index (χ3n) is 4.05. The first-order chi connectivity index (χ1) is 9.92. The standard InChI is InChI=1S/C16H25O4P/c1-12(2)21(3,18)20-15-10-14(19-16(15)11-17)9-13-7-5-4-6-8-13/h4-8,12,14-17H,9-11H2,1-3H3/t14-,15?,16+,21?/m0/s1. The Balaban J connectivity index is 1.99. The van der Waals surface area contributed by atoms with E-state index >= 15 is 0 Å². The smallest absolute Gasteiger partial charge is 0.202 e. The number of hydrogen-bond donors (Lipinski definition) is 1. The van der Waals surface area contributed by atoms with Gasteiger partial charge in [-0.25, -0.2) is 0 Å². The summed E-state index contributed by atoms with van der Waals surface area (Å²) in [6.45, 7) is 5.35. The van der Waals surface area contributed by atoms with E-state index in [0.29, 0.717) is 6.42 Å². The molecule has 21 heavy (non-hydrogen) atoms. The highest BCUT2D eigenvalue weighted by molar-refractivity contribution is 7.58. The zero-order valence-corrected chi connectivity index (χ0v) is 13.8. The largest absolute Gasteiger partial charge is 0.394 e. The van der Waals surface area contributed by atoms with Crippen LogP contribution < -0.4 is 0 Å². The summed E-state index contributed by atoms with van der Waals surface area (Å²) >= 11 is 0. The van der Waals surface area contributed by atoms with Crippen molar-refractivity contribution in [2.75, 3.05) is 13.3 Å². The molecular weight excluding hydrogens is 287 g/mol. The number of aliphatic hydroxyl groups is 1. The van der Waals surface area contributed by atoms with Crippen LogP contribution in [0.2, 0.25) is 0 Å². The molecule has 1 aliphatic rings. The van der Waals surface area contributed by atoms with Crippen molar-refractivity contribution in [3.05, 3.63) is 35.9 Å². The third-order valence-corrected chi connectivity index (χ3v) is 6.61. The van der Waals surface area contributed by atoms with Crippen molar-refractivity contribution < 1.29 is 18.9 Å². The Hall–Kier alpha value is -0.670. The van der Waals surface area contributed by atoms with Gasteiger partial charge in [-0.2, -0.15) is 0 Å². The van der Waals surface area contributed by atoms with Gasteiger partial charge in [0, 0.05) is 18.7 Å². The number of aliphatic hydroxyl groups excluding tert-OH is 1. The van der Waals surface area contributed by atoms with Crippen molar-refractivity contribution in [1.82, 2.24) is 0 Å². The molecule has 0 aromatic heterocycles. The molecule has 0 radical (unpaired) electrons. The lowest BCUT2D eigenvalue weighted by Crippen LogP contribution is -2.27. The Morgan fingerprint density at radius 3 is 2.62 bits per heavy atom. The Morgan fingerprint density at radius 1 is 1.38 bits per heavy atom. The Kier molecular flexibility index (Phi) is 5.61. The summed E-state index contributed by atoms with van der Waals surface area (Å²) in [5.74, 6) is 0. The van der Waals surface area contributed by atoms with E-state index in [1.165, 1.54) is 5.56 Å². The molecule has 1 heterocycles. The fourth-order valence-electron chi connectivity index (χ4n) is 2.47. The maximum atomic E-state index is 12.4. The molecule has 0 aliphatic carbocycles. The molecule has 1 N–H and O–H groups in total. The molecule has 4 nitrogen and oxygen atoms in total. The fraction of sp³-hybridized carbons (Fsp3) is 0.625. The highest BCUT2D eigenvalue weighted by atomic mass is 31.2. The summed E-state index contributed by atoms with van der Waals surface area (Å²) in [5.41, 5.74) is 1.17. The molecule has 1 aromatic carbocycles. The summed E-state index contributed by atoms with van der Waals surface area (Å²) < 4.78 is 24.1. The zero-order chi connectivity index (χ0) is 15.5. The van der Waals surface area contributed by atoms with Crippen LogP contribution in [0.25, 0.3) is 0 Å². The minimum atomic E-state index is -2.66. The topological polar surface area (TPSA) is 55.8 Å². The lowest BCUT2D eigenvalue weighted by atomic mass is 10.0. The van der Waals surface area contributed by atoms with E-state index in [9.17, 15) is 9.67 Å². The number of hydrogen-bond acceptors (Lipinski definition) is 4. The van der Waals surface area contributed by atoms with Crippen LogP contribution in [0.1, 0.15) is 25.8 Å². The minimum absolute atomic E-state index is 0.00159. The SMILES string of the molecule is CC(C)P(C)(=O)OC1C[C@H](Cc2ccccc2)O[C@@H]1CO. The van der Waals surface area contributed by atoms with E-state index in [1.807, 2.05) is 32.0 Å². The Labute approximate surface area is 126 Å². The van der Waals surface area contributed by atoms with E-state index in [2.05, 4.69) is 12.1 Å². The maximum absolute atomic E-state index is 12.4. The molecule has 5 heteroatoms. The molecule has 0 saturated carbocycles. The van der Waals surface area contributed by atoms with Crippen LogP contribution in [0.4, 0.5) is 0 Å². The summed E-state index contributed by atoms with van der Waals surface area (Å²) in [6.07, 6.45) is 0.784. The molecule has 2 unspecified atom stereocenters. The second-order valence-corrected chi connectivity index (χ2v) is 9.11. The lowest BCUT2D eigenvalue weighted by Gasteiger charge is -2.24. The molecule has 1 aliphatic heterocycles. The van der Waals surface area contributed by atoms with Crippen molar-refractivity contribution >= 4 is 7.37 Å². The quantitative estimate of drug-likeness (QED) is 0.820.